The Hall–Kier alpha value is -1.18. The maximum absolute atomic E-state index is 10.0. The van der Waals surface area contributed by atoms with Gasteiger partial charge < -0.3 is 18.7 Å². The Bertz CT molecular complexity index is 200. The van der Waals surface area contributed by atoms with Crippen molar-refractivity contribution in [2.45, 2.75) is 44.9 Å². The van der Waals surface area contributed by atoms with Crippen molar-refractivity contribution in [3.05, 3.63) is 0 Å². The van der Waals surface area contributed by atoms with Gasteiger partial charge in [0.1, 0.15) is 0 Å². The van der Waals surface area contributed by atoms with Crippen molar-refractivity contribution < 1.29 is 13.3 Å². The minimum atomic E-state index is -1.62. The Morgan fingerprint density at radius 2 is 2.06 bits per heavy atom. The van der Waals surface area contributed by atoms with Gasteiger partial charge in [0, 0.05) is 7.11 Å². The van der Waals surface area contributed by atoms with Crippen LogP contribution in [-0.4, -0.2) is 37.7 Å². The van der Waals surface area contributed by atoms with E-state index >= 15 is 0 Å². The predicted molar refractivity (Wildman–Crippen MR) is 70.9 cm³/mol. The van der Waals surface area contributed by atoms with Crippen LogP contribution in [0.1, 0.15) is 19.8 Å². The first-order valence-electron chi connectivity index (χ1n) is 5.88. The summed E-state index contributed by atoms with van der Waals surface area (Å²) >= 11 is 0. The summed E-state index contributed by atoms with van der Waals surface area (Å²) in [7, 11) is -1.33. The number of rotatable bonds is 10. The topological polar surface area (TPSA) is 47.6 Å². The second kappa shape index (κ2) is 10.0. The van der Waals surface area contributed by atoms with Gasteiger partial charge in [-0.25, -0.2) is 0 Å². The van der Waals surface area contributed by atoms with Gasteiger partial charge in [-0.1, -0.05) is 13.3 Å². The molecule has 0 saturated carbocycles. The smallest absolute Gasteiger partial charge is 0.307 e. The monoisotopic (exact) mass is 529 g/mol. The molecule has 0 aliphatic heterocycles. The first kappa shape index (κ1) is 18.2. The normalized spacial score (nSPS) is 15.5. The van der Waals surface area contributed by atoms with Gasteiger partial charge in [-0.15, -0.1) is 0 Å². The Kier molecular flexibility index (Phi) is 10.7. The van der Waals surface area contributed by atoms with Crippen molar-refractivity contribution in [1.82, 2.24) is 5.32 Å². The molecule has 0 aromatic heterocycles. The summed E-state index contributed by atoms with van der Waals surface area (Å²) in [6.45, 7) is 7.22. The van der Waals surface area contributed by atoms with Crippen LogP contribution in [0, 0.1) is 0 Å². The summed E-state index contributed by atoms with van der Waals surface area (Å²) in [4.78, 5) is 10.0. The summed E-state index contributed by atoms with van der Waals surface area (Å²) in [5, 5.41) is 2.57. The fourth-order valence-electron chi connectivity index (χ4n) is 1.82. The second-order valence-electron chi connectivity index (χ2n) is 4.25. The molecule has 0 fully saturated rings. The first-order valence-corrected chi connectivity index (χ1v) is 10.8. The van der Waals surface area contributed by atoms with E-state index in [2.05, 4.69) is 25.3 Å². The van der Waals surface area contributed by atoms with E-state index in [1.54, 1.807) is 13.5 Å². The van der Waals surface area contributed by atoms with Gasteiger partial charge in [0.25, 0.3) is 0 Å². The molecular formula is C10H24NO3RfSi2-. The van der Waals surface area contributed by atoms with E-state index in [4.69, 9.17) is 8.54 Å². The van der Waals surface area contributed by atoms with Crippen molar-refractivity contribution >= 4 is 24.0 Å². The van der Waals surface area contributed by atoms with Gasteiger partial charge in [-0.3, -0.25) is 0 Å². The Morgan fingerprint density at radius 1 is 1.41 bits per heavy atom. The third kappa shape index (κ3) is 8.61. The molecule has 0 saturated heterocycles. The van der Waals surface area contributed by atoms with E-state index in [0.29, 0.717) is 6.54 Å². The van der Waals surface area contributed by atoms with Crippen molar-refractivity contribution in [1.29, 1.82) is 0 Å². The number of nitrogens with one attached hydrogen (secondary N) is 1. The van der Waals surface area contributed by atoms with Crippen molar-refractivity contribution in [2.75, 3.05) is 13.7 Å². The summed E-state index contributed by atoms with van der Waals surface area (Å²) in [6.07, 6.45) is 3.83. The zero-order valence-electron chi connectivity index (χ0n) is 11.5. The molecule has 1 N–H and O–H groups in total. The molecular weight excluding hydrogens is 505 g/mol. The fraction of sp³-hybridized carbons (Fsp3) is 0.900. The third-order valence-corrected chi connectivity index (χ3v) is 9.88. The SMILES string of the molecule is CCC[Si](C)(CCCN[C-]=O)O[SiH](C)OC.[Rf]. The molecule has 1 amide bonds. The minimum Gasteiger partial charge on any atom is -0.530 e. The number of hydrogen-bond acceptors (Lipinski definition) is 3. The molecule has 0 aliphatic rings. The van der Waals surface area contributed by atoms with Crippen LogP contribution in [0.5, 0.6) is 0 Å². The predicted octanol–water partition coefficient (Wildman–Crippen LogP) is 1.53. The Balaban J connectivity index is 0. The van der Waals surface area contributed by atoms with Crippen LogP contribution >= 0.6 is 0 Å². The standard InChI is InChI=1S/C10H24NO3Si2.Rf/c1-5-8-16(4,14-15(3)13-2)9-6-7-11-10-12;/h15H,5-9H2,1-4H3,(H,11,12);/q-1;. The van der Waals surface area contributed by atoms with Gasteiger partial charge in [0.15, 0.2) is 8.32 Å². The number of hydrogen-bond donors (Lipinski definition) is 1. The zero-order chi connectivity index (χ0) is 12.4. The molecule has 0 aliphatic carbocycles. The van der Waals surface area contributed by atoms with Gasteiger partial charge in [-0.05, 0) is 38.1 Å². The van der Waals surface area contributed by atoms with E-state index in [-0.39, 0.29) is 0 Å². The van der Waals surface area contributed by atoms with E-state index in [9.17, 15) is 4.79 Å². The fourth-order valence-corrected chi connectivity index (χ4v) is 8.59. The molecule has 17 heavy (non-hydrogen) atoms. The molecule has 98 valence electrons. The largest absolute Gasteiger partial charge is 0.530 e. The summed E-state index contributed by atoms with van der Waals surface area (Å²) in [5.74, 6) is 0. The quantitative estimate of drug-likeness (QED) is 0.202. The van der Waals surface area contributed by atoms with Crippen LogP contribution in [0.25, 0.3) is 0 Å². The van der Waals surface area contributed by atoms with Crippen LogP contribution in [0.2, 0.25) is 25.2 Å². The molecule has 0 heterocycles. The van der Waals surface area contributed by atoms with Crippen LogP contribution in [-0.2, 0) is 13.3 Å². The van der Waals surface area contributed by atoms with Crippen LogP contribution < -0.4 is 5.32 Å². The van der Waals surface area contributed by atoms with E-state index in [1.165, 1.54) is 6.04 Å². The molecule has 2 unspecified atom stereocenters. The molecule has 0 radical (unpaired) electrons. The maximum Gasteiger partial charge on any atom is 0.307 e. The average Bonchev–Trinajstić information content (AvgIpc) is 2.24. The molecule has 0 rings (SSSR count). The zero-order valence-corrected chi connectivity index (χ0v) is 20.1. The van der Waals surface area contributed by atoms with Gasteiger partial charge in [0.2, 0.25) is 0 Å². The Morgan fingerprint density at radius 3 is 2.53 bits per heavy atom. The average molecular weight is 529 g/mol. The first-order chi connectivity index (χ1) is 7.58. The third-order valence-electron chi connectivity index (χ3n) is 2.64. The number of amides is 1. The van der Waals surface area contributed by atoms with E-state index < -0.39 is 17.6 Å². The molecule has 2 atom stereocenters. The van der Waals surface area contributed by atoms with Crippen LogP contribution in [0.4, 0.5) is 0 Å². The van der Waals surface area contributed by atoms with Crippen LogP contribution in [0.3, 0.4) is 0 Å². The molecule has 0 spiro atoms. The molecule has 4 nitrogen and oxygen atoms in total. The maximum atomic E-state index is 10.0. The summed E-state index contributed by atoms with van der Waals surface area (Å²) in [6, 6.07) is 2.24. The van der Waals surface area contributed by atoms with Gasteiger partial charge in [-0.2, -0.15) is 6.41 Å². The van der Waals surface area contributed by atoms with Crippen LogP contribution in [0.15, 0.2) is 0 Å². The van der Waals surface area contributed by atoms with E-state index in [0.717, 1.165) is 18.9 Å². The summed E-state index contributed by atoms with van der Waals surface area (Å²) < 4.78 is 11.4. The van der Waals surface area contributed by atoms with Crippen molar-refractivity contribution in [3.63, 3.8) is 0 Å². The molecule has 0 aromatic rings. The van der Waals surface area contributed by atoms with E-state index in [1.807, 2.05) is 0 Å². The number of carbonyl (C=O) groups excluding carboxylic acids is 1. The van der Waals surface area contributed by atoms with Gasteiger partial charge >= 0.3 is 9.28 Å². The molecule has 7 heteroatoms. The van der Waals surface area contributed by atoms with Gasteiger partial charge in [0.05, 0.1) is 0 Å². The van der Waals surface area contributed by atoms with Crippen molar-refractivity contribution in [2.24, 2.45) is 0 Å². The van der Waals surface area contributed by atoms with Crippen molar-refractivity contribution in [3.8, 4) is 0 Å². The molecule has 0 bridgehead atoms. The Labute approximate surface area is 102 Å². The minimum absolute atomic E-state index is 0. The second-order valence-corrected chi connectivity index (χ2v) is 10.7. The molecule has 0 aromatic carbocycles. The summed E-state index contributed by atoms with van der Waals surface area (Å²) in [5.41, 5.74) is 0.